The van der Waals surface area contributed by atoms with Gasteiger partial charge in [0.1, 0.15) is 23.9 Å². The molecule has 1 heterocycles. The summed E-state index contributed by atoms with van der Waals surface area (Å²) in [5.74, 6) is 2.53. The van der Waals surface area contributed by atoms with Crippen molar-refractivity contribution >= 4 is 0 Å². The van der Waals surface area contributed by atoms with Gasteiger partial charge in [-0.25, -0.2) is 4.98 Å². The molecule has 1 aromatic carbocycles. The smallest absolute Gasteiger partial charge is 0.146 e. The lowest BCUT2D eigenvalue weighted by molar-refractivity contribution is 0.291. The highest BCUT2D eigenvalue weighted by Gasteiger charge is 2.00. The number of benzene rings is 1. The van der Waals surface area contributed by atoms with Gasteiger partial charge in [-0.3, -0.25) is 0 Å². The fraction of sp³-hybridized carbons (Fsp3) is 0.250. The second kappa shape index (κ2) is 4.70. The van der Waals surface area contributed by atoms with Crippen molar-refractivity contribution in [2.24, 2.45) is 7.05 Å². The number of ether oxygens (including phenoxy) is 2. The Bertz CT molecular complexity index is 448. The van der Waals surface area contributed by atoms with E-state index in [2.05, 4.69) is 4.98 Å². The van der Waals surface area contributed by atoms with Gasteiger partial charge in [0.25, 0.3) is 0 Å². The number of aromatic nitrogens is 2. The molecule has 0 fully saturated rings. The molecule has 0 atom stereocenters. The van der Waals surface area contributed by atoms with Crippen LogP contribution in [-0.2, 0) is 13.7 Å². The molecule has 16 heavy (non-hydrogen) atoms. The molecule has 2 aromatic rings. The minimum atomic E-state index is 0.468. The summed E-state index contributed by atoms with van der Waals surface area (Å²) in [5, 5.41) is 0. The Morgan fingerprint density at radius 2 is 1.88 bits per heavy atom. The van der Waals surface area contributed by atoms with E-state index in [0.717, 1.165) is 17.3 Å². The summed E-state index contributed by atoms with van der Waals surface area (Å²) in [4.78, 5) is 4.18. The Balaban J connectivity index is 1.97. The van der Waals surface area contributed by atoms with Gasteiger partial charge in [-0.1, -0.05) is 0 Å². The lowest BCUT2D eigenvalue weighted by atomic mass is 10.3. The standard InChI is InChI=1S/C12H14N2O2/c1-14-8-7-13-12(14)9-16-11-5-3-10(15-2)4-6-11/h3-8H,9H2,1-2H3. The van der Waals surface area contributed by atoms with Crippen molar-refractivity contribution in [2.45, 2.75) is 6.61 Å². The van der Waals surface area contributed by atoms with Gasteiger partial charge in [0, 0.05) is 19.4 Å². The first-order chi connectivity index (χ1) is 7.79. The van der Waals surface area contributed by atoms with E-state index in [1.54, 1.807) is 13.3 Å². The minimum Gasteiger partial charge on any atom is -0.497 e. The summed E-state index contributed by atoms with van der Waals surface area (Å²) >= 11 is 0. The number of methoxy groups -OCH3 is 1. The fourth-order valence-corrected chi connectivity index (χ4v) is 1.36. The molecule has 2 rings (SSSR count). The van der Waals surface area contributed by atoms with Gasteiger partial charge in [-0.15, -0.1) is 0 Å². The van der Waals surface area contributed by atoms with Crippen LogP contribution in [-0.4, -0.2) is 16.7 Å². The molecule has 4 heteroatoms. The van der Waals surface area contributed by atoms with Crippen molar-refractivity contribution in [3.05, 3.63) is 42.5 Å². The summed E-state index contributed by atoms with van der Waals surface area (Å²) in [6, 6.07) is 7.49. The van der Waals surface area contributed by atoms with E-state index in [1.165, 1.54) is 0 Å². The summed E-state index contributed by atoms with van der Waals surface area (Å²) in [6.45, 7) is 0.468. The van der Waals surface area contributed by atoms with E-state index in [0.29, 0.717) is 6.61 Å². The highest BCUT2D eigenvalue weighted by Crippen LogP contribution is 2.17. The first kappa shape index (κ1) is 10.5. The summed E-state index contributed by atoms with van der Waals surface area (Å²) in [6.07, 6.45) is 3.65. The topological polar surface area (TPSA) is 36.3 Å². The zero-order valence-corrected chi connectivity index (χ0v) is 9.38. The lowest BCUT2D eigenvalue weighted by Gasteiger charge is -2.06. The summed E-state index contributed by atoms with van der Waals surface area (Å²) in [5.41, 5.74) is 0. The number of hydrogen-bond acceptors (Lipinski definition) is 3. The van der Waals surface area contributed by atoms with E-state index in [4.69, 9.17) is 9.47 Å². The minimum absolute atomic E-state index is 0.468. The van der Waals surface area contributed by atoms with Crippen LogP contribution in [0.5, 0.6) is 11.5 Å². The van der Waals surface area contributed by atoms with Gasteiger partial charge in [-0.2, -0.15) is 0 Å². The average Bonchev–Trinajstić information content (AvgIpc) is 2.73. The molecule has 0 spiro atoms. The zero-order valence-electron chi connectivity index (χ0n) is 9.38. The van der Waals surface area contributed by atoms with Crippen LogP contribution in [0.1, 0.15) is 5.82 Å². The molecule has 0 amide bonds. The van der Waals surface area contributed by atoms with Crippen LogP contribution in [0.2, 0.25) is 0 Å². The van der Waals surface area contributed by atoms with Gasteiger partial charge in [0.15, 0.2) is 0 Å². The van der Waals surface area contributed by atoms with Crippen molar-refractivity contribution < 1.29 is 9.47 Å². The monoisotopic (exact) mass is 218 g/mol. The van der Waals surface area contributed by atoms with Gasteiger partial charge in [-0.05, 0) is 24.3 Å². The Morgan fingerprint density at radius 3 is 2.44 bits per heavy atom. The van der Waals surface area contributed by atoms with Crippen LogP contribution in [0.15, 0.2) is 36.7 Å². The number of rotatable bonds is 4. The second-order valence-corrected chi connectivity index (χ2v) is 3.42. The molecule has 0 aliphatic carbocycles. The van der Waals surface area contributed by atoms with E-state index in [1.807, 2.05) is 42.1 Å². The highest BCUT2D eigenvalue weighted by atomic mass is 16.5. The molecule has 0 aliphatic heterocycles. The van der Waals surface area contributed by atoms with Crippen molar-refractivity contribution in [1.29, 1.82) is 0 Å². The zero-order chi connectivity index (χ0) is 11.4. The Labute approximate surface area is 94.4 Å². The summed E-state index contributed by atoms with van der Waals surface area (Å²) in [7, 11) is 3.59. The van der Waals surface area contributed by atoms with Crippen LogP contribution in [0, 0.1) is 0 Å². The van der Waals surface area contributed by atoms with Crippen molar-refractivity contribution in [3.8, 4) is 11.5 Å². The summed E-state index contributed by atoms with van der Waals surface area (Å²) < 4.78 is 12.6. The molecular weight excluding hydrogens is 204 g/mol. The van der Waals surface area contributed by atoms with Crippen molar-refractivity contribution in [2.75, 3.05) is 7.11 Å². The maximum absolute atomic E-state index is 5.59. The van der Waals surface area contributed by atoms with Crippen LogP contribution in [0.4, 0.5) is 0 Å². The molecule has 0 aliphatic rings. The third-order valence-corrected chi connectivity index (χ3v) is 2.35. The molecule has 0 unspecified atom stereocenters. The first-order valence-corrected chi connectivity index (χ1v) is 5.02. The van der Waals surface area contributed by atoms with Gasteiger partial charge in [0.2, 0.25) is 0 Å². The number of imidazole rings is 1. The molecule has 84 valence electrons. The number of hydrogen-bond donors (Lipinski definition) is 0. The first-order valence-electron chi connectivity index (χ1n) is 5.02. The van der Waals surface area contributed by atoms with E-state index in [9.17, 15) is 0 Å². The SMILES string of the molecule is COc1ccc(OCc2nccn2C)cc1. The second-order valence-electron chi connectivity index (χ2n) is 3.42. The van der Waals surface area contributed by atoms with E-state index in [-0.39, 0.29) is 0 Å². The van der Waals surface area contributed by atoms with Gasteiger partial charge in [0.05, 0.1) is 7.11 Å². The fourth-order valence-electron chi connectivity index (χ4n) is 1.36. The molecular formula is C12H14N2O2. The largest absolute Gasteiger partial charge is 0.497 e. The quantitative estimate of drug-likeness (QED) is 0.787. The molecule has 0 bridgehead atoms. The van der Waals surface area contributed by atoms with Crippen LogP contribution >= 0.6 is 0 Å². The maximum Gasteiger partial charge on any atom is 0.146 e. The third-order valence-electron chi connectivity index (χ3n) is 2.35. The van der Waals surface area contributed by atoms with E-state index >= 15 is 0 Å². The van der Waals surface area contributed by atoms with Crippen molar-refractivity contribution in [3.63, 3.8) is 0 Å². The van der Waals surface area contributed by atoms with Crippen LogP contribution < -0.4 is 9.47 Å². The van der Waals surface area contributed by atoms with Crippen LogP contribution in [0.3, 0.4) is 0 Å². The molecule has 0 saturated heterocycles. The molecule has 4 nitrogen and oxygen atoms in total. The van der Waals surface area contributed by atoms with Crippen LogP contribution in [0.25, 0.3) is 0 Å². The number of aryl methyl sites for hydroxylation is 1. The normalized spacial score (nSPS) is 10.1. The highest BCUT2D eigenvalue weighted by molar-refractivity contribution is 5.31. The van der Waals surface area contributed by atoms with E-state index < -0.39 is 0 Å². The molecule has 0 saturated carbocycles. The van der Waals surface area contributed by atoms with Gasteiger partial charge >= 0.3 is 0 Å². The molecule has 1 aromatic heterocycles. The lowest BCUT2D eigenvalue weighted by Crippen LogP contribution is -2.02. The Hall–Kier alpha value is -1.97. The van der Waals surface area contributed by atoms with Crippen molar-refractivity contribution in [1.82, 2.24) is 9.55 Å². The Kier molecular flexibility index (Phi) is 3.10. The molecule has 0 radical (unpaired) electrons. The predicted molar refractivity (Wildman–Crippen MR) is 60.5 cm³/mol. The van der Waals surface area contributed by atoms with Gasteiger partial charge < -0.3 is 14.0 Å². The molecule has 0 N–H and O–H groups in total. The maximum atomic E-state index is 5.59. The Morgan fingerprint density at radius 1 is 1.19 bits per heavy atom. The number of nitrogens with zero attached hydrogens (tertiary/aromatic N) is 2. The third kappa shape index (κ3) is 2.34. The average molecular weight is 218 g/mol. The predicted octanol–water partition coefficient (Wildman–Crippen LogP) is 2.01.